The Bertz CT molecular complexity index is 643. The molecule has 122 valence electrons. The van der Waals surface area contributed by atoms with Crippen molar-refractivity contribution in [2.24, 2.45) is 0 Å². The fourth-order valence-electron chi connectivity index (χ4n) is 3.55. The standard InChI is InChI=1S/C19H24N2O2/c1-19(2,3)21-17(22)13-15(18(21)23)16-11-7-8-12-20(16)14-9-5-4-6-10-14/h4-6,9-10,13,16H,7-8,11-12H2,1-3H3. The van der Waals surface area contributed by atoms with E-state index >= 15 is 0 Å². The molecule has 2 heterocycles. The van der Waals surface area contributed by atoms with Gasteiger partial charge in [-0.1, -0.05) is 18.2 Å². The molecule has 1 fully saturated rings. The van der Waals surface area contributed by atoms with Crippen LogP contribution in [0.15, 0.2) is 42.0 Å². The first-order valence-electron chi connectivity index (χ1n) is 8.31. The number of nitrogens with zero attached hydrogens (tertiary/aromatic N) is 2. The predicted octanol–water partition coefficient (Wildman–Crippen LogP) is 3.14. The average molecular weight is 312 g/mol. The zero-order valence-corrected chi connectivity index (χ0v) is 14.1. The van der Waals surface area contributed by atoms with Crippen LogP contribution >= 0.6 is 0 Å². The second kappa shape index (κ2) is 5.84. The summed E-state index contributed by atoms with van der Waals surface area (Å²) in [5.41, 5.74) is 1.28. The van der Waals surface area contributed by atoms with Gasteiger partial charge in [0.1, 0.15) is 0 Å². The third-order valence-corrected chi connectivity index (χ3v) is 4.57. The Balaban J connectivity index is 1.92. The molecular formula is C19H24N2O2. The van der Waals surface area contributed by atoms with Gasteiger partial charge in [-0.2, -0.15) is 0 Å². The number of rotatable bonds is 2. The third kappa shape index (κ3) is 2.90. The molecule has 1 saturated heterocycles. The summed E-state index contributed by atoms with van der Waals surface area (Å²) in [4.78, 5) is 28.8. The van der Waals surface area contributed by atoms with Gasteiger partial charge >= 0.3 is 0 Å². The lowest BCUT2D eigenvalue weighted by atomic mass is 9.94. The number of anilines is 1. The number of benzene rings is 1. The molecule has 23 heavy (non-hydrogen) atoms. The van der Waals surface area contributed by atoms with E-state index in [1.807, 2.05) is 39.0 Å². The summed E-state index contributed by atoms with van der Waals surface area (Å²) >= 11 is 0. The summed E-state index contributed by atoms with van der Waals surface area (Å²) in [7, 11) is 0. The first-order chi connectivity index (χ1) is 10.9. The Morgan fingerprint density at radius 3 is 2.35 bits per heavy atom. The third-order valence-electron chi connectivity index (χ3n) is 4.57. The van der Waals surface area contributed by atoms with E-state index in [-0.39, 0.29) is 17.9 Å². The summed E-state index contributed by atoms with van der Waals surface area (Å²) in [6, 6.07) is 10.2. The largest absolute Gasteiger partial charge is 0.364 e. The van der Waals surface area contributed by atoms with E-state index in [4.69, 9.17) is 0 Å². The van der Waals surface area contributed by atoms with Gasteiger partial charge in [0.15, 0.2) is 0 Å². The molecule has 2 amide bonds. The van der Waals surface area contributed by atoms with Crippen molar-refractivity contribution in [3.63, 3.8) is 0 Å². The molecule has 4 nitrogen and oxygen atoms in total. The lowest BCUT2D eigenvalue weighted by Gasteiger charge is -2.38. The maximum absolute atomic E-state index is 12.8. The molecule has 0 saturated carbocycles. The smallest absolute Gasteiger partial charge is 0.259 e. The Morgan fingerprint density at radius 1 is 1.04 bits per heavy atom. The fourth-order valence-corrected chi connectivity index (χ4v) is 3.55. The molecule has 3 rings (SSSR count). The number of imide groups is 1. The van der Waals surface area contributed by atoms with Gasteiger partial charge in [-0.3, -0.25) is 14.5 Å². The van der Waals surface area contributed by atoms with Gasteiger partial charge in [-0.25, -0.2) is 0 Å². The highest BCUT2D eigenvalue weighted by atomic mass is 16.2. The van der Waals surface area contributed by atoms with Gasteiger partial charge in [-0.05, 0) is 52.2 Å². The van der Waals surface area contributed by atoms with Crippen LogP contribution in [0.5, 0.6) is 0 Å². The van der Waals surface area contributed by atoms with Crippen LogP contribution in [0.3, 0.4) is 0 Å². The number of piperidine rings is 1. The molecule has 0 radical (unpaired) electrons. The summed E-state index contributed by atoms with van der Waals surface area (Å²) in [5.74, 6) is -0.314. The SMILES string of the molecule is CC(C)(C)N1C(=O)C=C(C2CCCCN2c2ccccc2)C1=O. The molecule has 0 aliphatic carbocycles. The van der Waals surface area contributed by atoms with E-state index in [1.165, 1.54) is 4.90 Å². The molecule has 2 aliphatic heterocycles. The lowest BCUT2D eigenvalue weighted by molar-refractivity contribution is -0.142. The number of carbonyl (C=O) groups excluding carboxylic acids is 2. The van der Waals surface area contributed by atoms with Crippen LogP contribution in [0.2, 0.25) is 0 Å². The van der Waals surface area contributed by atoms with E-state index in [9.17, 15) is 9.59 Å². The zero-order chi connectivity index (χ0) is 16.6. The van der Waals surface area contributed by atoms with Crippen molar-refractivity contribution < 1.29 is 9.59 Å². The summed E-state index contributed by atoms with van der Waals surface area (Å²) in [6.07, 6.45) is 4.67. The van der Waals surface area contributed by atoms with Gasteiger partial charge in [0, 0.05) is 29.4 Å². The molecule has 4 heteroatoms. The minimum absolute atomic E-state index is 0.00468. The van der Waals surface area contributed by atoms with Gasteiger partial charge in [-0.15, -0.1) is 0 Å². The maximum Gasteiger partial charge on any atom is 0.259 e. The normalized spacial score (nSPS) is 22.6. The summed E-state index contributed by atoms with van der Waals surface area (Å²) in [6.45, 7) is 6.61. The Hall–Kier alpha value is -2.10. The van der Waals surface area contributed by atoms with Gasteiger partial charge in [0.05, 0.1) is 6.04 Å². The van der Waals surface area contributed by atoms with Crippen molar-refractivity contribution in [1.29, 1.82) is 0 Å². The Morgan fingerprint density at radius 2 is 1.74 bits per heavy atom. The van der Waals surface area contributed by atoms with Crippen LogP contribution in [0.25, 0.3) is 0 Å². The molecule has 2 aliphatic rings. The molecule has 1 unspecified atom stereocenters. The minimum atomic E-state index is -0.487. The van der Waals surface area contributed by atoms with Crippen LogP contribution in [-0.2, 0) is 9.59 Å². The number of carbonyl (C=O) groups is 2. The van der Waals surface area contributed by atoms with Gasteiger partial charge in [0.25, 0.3) is 11.8 Å². The van der Waals surface area contributed by atoms with Crippen molar-refractivity contribution in [2.45, 2.75) is 51.6 Å². The Labute approximate surface area is 137 Å². The lowest BCUT2D eigenvalue weighted by Crippen LogP contribution is -2.48. The average Bonchev–Trinajstić information content (AvgIpc) is 2.82. The quantitative estimate of drug-likeness (QED) is 0.788. The number of para-hydroxylation sites is 1. The monoisotopic (exact) mass is 312 g/mol. The highest BCUT2D eigenvalue weighted by molar-refractivity contribution is 6.17. The van der Waals surface area contributed by atoms with Crippen molar-refractivity contribution in [3.8, 4) is 0 Å². The second-order valence-corrected chi connectivity index (χ2v) is 7.29. The zero-order valence-electron chi connectivity index (χ0n) is 14.1. The molecule has 0 bridgehead atoms. The van der Waals surface area contributed by atoms with E-state index in [2.05, 4.69) is 17.0 Å². The maximum atomic E-state index is 12.8. The van der Waals surface area contributed by atoms with Crippen molar-refractivity contribution >= 4 is 17.5 Å². The van der Waals surface area contributed by atoms with Crippen LogP contribution in [0.1, 0.15) is 40.0 Å². The molecular weight excluding hydrogens is 288 g/mol. The van der Waals surface area contributed by atoms with Crippen molar-refractivity contribution in [2.75, 3.05) is 11.4 Å². The Kier molecular flexibility index (Phi) is 4.00. The predicted molar refractivity (Wildman–Crippen MR) is 91.1 cm³/mol. The summed E-state index contributed by atoms with van der Waals surface area (Å²) in [5, 5.41) is 0. The van der Waals surface area contributed by atoms with Crippen molar-refractivity contribution in [1.82, 2.24) is 4.90 Å². The van der Waals surface area contributed by atoms with Crippen LogP contribution in [0.4, 0.5) is 5.69 Å². The highest BCUT2D eigenvalue weighted by Gasteiger charge is 2.42. The first kappa shape index (κ1) is 15.8. The molecule has 1 aromatic rings. The molecule has 1 atom stereocenters. The van der Waals surface area contributed by atoms with Crippen molar-refractivity contribution in [3.05, 3.63) is 42.0 Å². The highest BCUT2D eigenvalue weighted by Crippen LogP contribution is 2.33. The molecule has 1 aromatic carbocycles. The molecule has 0 N–H and O–H groups in total. The minimum Gasteiger partial charge on any atom is -0.364 e. The number of hydrogen-bond donors (Lipinski definition) is 0. The number of hydrogen-bond acceptors (Lipinski definition) is 3. The van der Waals surface area contributed by atoms with Crippen LogP contribution < -0.4 is 4.90 Å². The van der Waals surface area contributed by atoms with E-state index < -0.39 is 5.54 Å². The summed E-state index contributed by atoms with van der Waals surface area (Å²) < 4.78 is 0. The van der Waals surface area contributed by atoms with Crippen LogP contribution in [0, 0.1) is 0 Å². The van der Waals surface area contributed by atoms with E-state index in [1.54, 1.807) is 6.08 Å². The topological polar surface area (TPSA) is 40.6 Å². The fraction of sp³-hybridized carbons (Fsp3) is 0.474. The van der Waals surface area contributed by atoms with Gasteiger partial charge in [0.2, 0.25) is 0 Å². The van der Waals surface area contributed by atoms with E-state index in [0.717, 1.165) is 31.5 Å². The number of amides is 2. The second-order valence-electron chi connectivity index (χ2n) is 7.29. The first-order valence-corrected chi connectivity index (χ1v) is 8.31. The molecule has 0 aromatic heterocycles. The van der Waals surface area contributed by atoms with Crippen LogP contribution in [-0.4, -0.2) is 34.8 Å². The van der Waals surface area contributed by atoms with Gasteiger partial charge < -0.3 is 4.90 Å². The van der Waals surface area contributed by atoms with E-state index in [0.29, 0.717) is 5.57 Å². The molecule has 0 spiro atoms.